The minimum absolute atomic E-state index is 0.109. The lowest BCUT2D eigenvalue weighted by molar-refractivity contribution is -0.0997. The quantitative estimate of drug-likeness (QED) is 0.490. The van der Waals surface area contributed by atoms with Crippen LogP contribution in [0.15, 0.2) is 11.4 Å². The number of hydrogen-bond acceptors (Lipinski definition) is 3. The first-order valence-electron chi connectivity index (χ1n) is 3.86. The summed E-state index contributed by atoms with van der Waals surface area (Å²) in [5, 5.41) is 2.09. The summed E-state index contributed by atoms with van der Waals surface area (Å²) >= 11 is 1.75. The Kier molecular flexibility index (Phi) is 3.78. The Morgan fingerprint density at radius 1 is 1.50 bits per heavy atom. The molecule has 0 aliphatic rings. The lowest BCUT2D eigenvalue weighted by Crippen LogP contribution is -2.19. The monoisotopic (exact) mass is 184 g/mol. The molecule has 0 atom stereocenters. The Morgan fingerprint density at radius 2 is 2.17 bits per heavy atom. The standard InChI is InChI=1S/C8H13BO2S/c1-10-8(11-2)5-7-6(9)3-4-12-7/h3-4,8H,5,9H2,1-2H3. The van der Waals surface area contributed by atoms with E-state index in [1.165, 1.54) is 10.3 Å². The van der Waals surface area contributed by atoms with Crippen molar-refractivity contribution < 1.29 is 9.47 Å². The van der Waals surface area contributed by atoms with Gasteiger partial charge in [-0.2, -0.15) is 0 Å². The fraction of sp³-hybridized carbons (Fsp3) is 0.500. The molecule has 2 nitrogen and oxygen atoms in total. The predicted octanol–water partition coefficient (Wildman–Crippen LogP) is 0.168. The van der Waals surface area contributed by atoms with Gasteiger partial charge in [-0.3, -0.25) is 0 Å². The van der Waals surface area contributed by atoms with Crippen molar-refractivity contribution in [2.45, 2.75) is 12.7 Å². The average molecular weight is 184 g/mol. The molecule has 0 aliphatic carbocycles. The van der Waals surface area contributed by atoms with Crippen LogP contribution in [0.25, 0.3) is 0 Å². The topological polar surface area (TPSA) is 18.5 Å². The second kappa shape index (κ2) is 4.65. The molecule has 0 saturated carbocycles. The summed E-state index contributed by atoms with van der Waals surface area (Å²) in [7, 11) is 5.43. The van der Waals surface area contributed by atoms with Crippen molar-refractivity contribution in [2.24, 2.45) is 0 Å². The summed E-state index contributed by atoms with van der Waals surface area (Å²) in [6.07, 6.45) is 0.735. The lowest BCUT2D eigenvalue weighted by Gasteiger charge is -2.12. The van der Waals surface area contributed by atoms with E-state index in [0.717, 1.165) is 6.42 Å². The Hall–Kier alpha value is -0.315. The predicted molar refractivity (Wildman–Crippen MR) is 54.0 cm³/mol. The van der Waals surface area contributed by atoms with Crippen molar-refractivity contribution in [2.75, 3.05) is 14.2 Å². The maximum Gasteiger partial charge on any atom is 0.161 e. The Morgan fingerprint density at radius 3 is 2.58 bits per heavy atom. The summed E-state index contributed by atoms with van der Waals surface area (Å²) in [6, 6.07) is 2.11. The molecule has 4 heteroatoms. The minimum atomic E-state index is -0.109. The summed E-state index contributed by atoms with van der Waals surface area (Å²) in [5.41, 5.74) is 1.32. The zero-order valence-electron chi connectivity index (χ0n) is 7.66. The summed E-state index contributed by atoms with van der Waals surface area (Å²) in [5.74, 6) is 0. The molecule has 0 radical (unpaired) electrons. The number of thiophene rings is 1. The smallest absolute Gasteiger partial charge is 0.161 e. The van der Waals surface area contributed by atoms with Crippen LogP contribution in [0.1, 0.15) is 4.88 Å². The zero-order chi connectivity index (χ0) is 8.97. The van der Waals surface area contributed by atoms with Gasteiger partial charge in [-0.25, -0.2) is 0 Å². The van der Waals surface area contributed by atoms with Gasteiger partial charge >= 0.3 is 0 Å². The van der Waals surface area contributed by atoms with Gasteiger partial charge in [0.2, 0.25) is 0 Å². The molecular weight excluding hydrogens is 171 g/mol. The molecule has 66 valence electrons. The van der Waals surface area contributed by atoms with Crippen LogP contribution in [-0.4, -0.2) is 28.4 Å². The lowest BCUT2D eigenvalue weighted by atomic mass is 9.96. The van der Waals surface area contributed by atoms with Gasteiger partial charge in [0.1, 0.15) is 7.85 Å². The summed E-state index contributed by atoms with van der Waals surface area (Å²) in [6.45, 7) is 0. The molecule has 0 spiro atoms. The second-order valence-electron chi connectivity index (χ2n) is 2.63. The van der Waals surface area contributed by atoms with Crippen LogP contribution in [-0.2, 0) is 15.9 Å². The normalized spacial score (nSPS) is 10.9. The Bertz CT molecular complexity index is 233. The van der Waals surface area contributed by atoms with Crippen molar-refractivity contribution in [1.82, 2.24) is 0 Å². The van der Waals surface area contributed by atoms with E-state index in [4.69, 9.17) is 9.47 Å². The molecular formula is C8H13BO2S. The number of methoxy groups -OCH3 is 2. The molecule has 0 unspecified atom stereocenters. The van der Waals surface area contributed by atoms with E-state index >= 15 is 0 Å². The first-order chi connectivity index (χ1) is 5.77. The summed E-state index contributed by atoms with van der Waals surface area (Å²) < 4.78 is 10.2. The van der Waals surface area contributed by atoms with E-state index < -0.39 is 0 Å². The number of rotatable bonds is 4. The summed E-state index contributed by atoms with van der Waals surface area (Å²) in [4.78, 5) is 1.34. The van der Waals surface area contributed by atoms with Crippen molar-refractivity contribution in [3.8, 4) is 0 Å². The van der Waals surface area contributed by atoms with Crippen LogP contribution in [0.5, 0.6) is 0 Å². The molecule has 1 heterocycles. The molecule has 1 aromatic heterocycles. The third-order valence-electron chi connectivity index (χ3n) is 1.85. The van der Waals surface area contributed by atoms with Gasteiger partial charge in [0, 0.05) is 25.5 Å². The molecule has 0 aromatic carbocycles. The van der Waals surface area contributed by atoms with Gasteiger partial charge in [-0.15, -0.1) is 11.3 Å². The third kappa shape index (κ3) is 2.34. The zero-order valence-corrected chi connectivity index (χ0v) is 8.48. The van der Waals surface area contributed by atoms with E-state index in [-0.39, 0.29) is 6.29 Å². The van der Waals surface area contributed by atoms with E-state index in [2.05, 4.69) is 19.3 Å². The SMILES string of the molecule is Bc1ccsc1CC(OC)OC. The first kappa shape index (κ1) is 9.77. The highest BCUT2D eigenvalue weighted by Crippen LogP contribution is 2.09. The largest absolute Gasteiger partial charge is 0.356 e. The molecule has 0 N–H and O–H groups in total. The molecule has 0 amide bonds. The van der Waals surface area contributed by atoms with Gasteiger partial charge < -0.3 is 9.47 Å². The highest BCUT2D eigenvalue weighted by molar-refractivity contribution is 7.11. The first-order valence-corrected chi connectivity index (χ1v) is 4.74. The molecule has 1 aromatic rings. The highest BCUT2D eigenvalue weighted by Gasteiger charge is 2.08. The average Bonchev–Trinajstić information content (AvgIpc) is 2.47. The maximum absolute atomic E-state index is 5.11. The number of hydrogen-bond donors (Lipinski definition) is 0. The molecule has 0 fully saturated rings. The van der Waals surface area contributed by atoms with Gasteiger partial charge in [0.25, 0.3) is 0 Å². The molecule has 1 rings (SSSR count). The molecule has 0 saturated heterocycles. The van der Waals surface area contributed by atoms with Crippen LogP contribution in [0.4, 0.5) is 0 Å². The minimum Gasteiger partial charge on any atom is -0.356 e. The fourth-order valence-electron chi connectivity index (χ4n) is 1.03. The van der Waals surface area contributed by atoms with E-state index in [9.17, 15) is 0 Å². The second-order valence-corrected chi connectivity index (χ2v) is 3.63. The molecule has 0 bridgehead atoms. The number of ether oxygens (including phenoxy) is 2. The van der Waals surface area contributed by atoms with Crippen LogP contribution < -0.4 is 5.46 Å². The van der Waals surface area contributed by atoms with Crippen LogP contribution >= 0.6 is 11.3 Å². The van der Waals surface area contributed by atoms with Crippen LogP contribution in [0, 0.1) is 0 Å². The highest BCUT2D eigenvalue weighted by atomic mass is 32.1. The van der Waals surface area contributed by atoms with Gasteiger partial charge in [0.05, 0.1) is 0 Å². The Labute approximate surface area is 77.9 Å². The fourth-order valence-corrected chi connectivity index (χ4v) is 1.95. The van der Waals surface area contributed by atoms with Crippen molar-refractivity contribution in [3.63, 3.8) is 0 Å². The van der Waals surface area contributed by atoms with Gasteiger partial charge in [0.15, 0.2) is 6.29 Å². The van der Waals surface area contributed by atoms with Crippen molar-refractivity contribution in [3.05, 3.63) is 16.3 Å². The van der Waals surface area contributed by atoms with E-state index in [1.807, 2.05) is 0 Å². The van der Waals surface area contributed by atoms with Crippen LogP contribution in [0.3, 0.4) is 0 Å². The van der Waals surface area contributed by atoms with Crippen LogP contribution in [0.2, 0.25) is 0 Å². The third-order valence-corrected chi connectivity index (χ3v) is 2.89. The van der Waals surface area contributed by atoms with E-state index in [0.29, 0.717) is 0 Å². The maximum atomic E-state index is 5.11. The van der Waals surface area contributed by atoms with Gasteiger partial charge in [-0.1, -0.05) is 11.5 Å². The molecule has 12 heavy (non-hydrogen) atoms. The van der Waals surface area contributed by atoms with E-state index in [1.54, 1.807) is 25.6 Å². The van der Waals surface area contributed by atoms with Crippen molar-refractivity contribution >= 4 is 24.6 Å². The molecule has 0 aliphatic heterocycles. The Balaban J connectivity index is 2.56. The van der Waals surface area contributed by atoms with Crippen molar-refractivity contribution in [1.29, 1.82) is 0 Å². The van der Waals surface area contributed by atoms with Gasteiger partial charge in [-0.05, 0) is 5.38 Å².